The summed E-state index contributed by atoms with van der Waals surface area (Å²) >= 11 is 1.47. The van der Waals surface area contributed by atoms with Gasteiger partial charge >= 0.3 is 0 Å². The number of rotatable bonds is 5. The van der Waals surface area contributed by atoms with Crippen LogP contribution in [-0.4, -0.2) is 39.7 Å². The van der Waals surface area contributed by atoms with Crippen LogP contribution in [0.5, 0.6) is 0 Å². The topological polar surface area (TPSA) is 71.0 Å². The minimum atomic E-state index is -0.0753. The molecule has 1 aliphatic rings. The fourth-order valence-corrected chi connectivity index (χ4v) is 3.27. The minimum Gasteiger partial charge on any atom is -0.356 e. The highest BCUT2D eigenvalue weighted by Gasteiger charge is 2.17. The second-order valence-corrected chi connectivity index (χ2v) is 7.00. The molecule has 3 heterocycles. The number of piperidine rings is 1. The molecule has 0 unspecified atom stereocenters. The Kier molecular flexibility index (Phi) is 5.63. The Hall–Kier alpha value is -2.15. The van der Waals surface area contributed by atoms with E-state index in [1.807, 2.05) is 18.2 Å². The van der Waals surface area contributed by atoms with E-state index in [9.17, 15) is 4.79 Å². The number of carbonyl (C=O) groups excluding carboxylic acids is 1. The summed E-state index contributed by atoms with van der Waals surface area (Å²) in [5.74, 6) is 2.47. The van der Waals surface area contributed by atoms with Gasteiger partial charge in [-0.05, 0) is 30.9 Å². The summed E-state index contributed by atoms with van der Waals surface area (Å²) in [6.07, 6.45) is 7.30. The average molecular weight is 343 g/mol. The van der Waals surface area contributed by atoms with Gasteiger partial charge in [0.1, 0.15) is 18.0 Å². The van der Waals surface area contributed by atoms with Crippen LogP contribution in [0.3, 0.4) is 0 Å². The van der Waals surface area contributed by atoms with Crippen LogP contribution in [0.15, 0.2) is 41.8 Å². The number of thioether (sulfide) groups is 1. The molecule has 1 fully saturated rings. The van der Waals surface area contributed by atoms with Crippen molar-refractivity contribution in [2.75, 3.05) is 29.1 Å². The highest BCUT2D eigenvalue weighted by molar-refractivity contribution is 8.00. The maximum Gasteiger partial charge on any atom is 0.235 e. The molecule has 6 nitrogen and oxygen atoms in total. The van der Waals surface area contributed by atoms with E-state index in [2.05, 4.69) is 32.1 Å². The quantitative estimate of drug-likeness (QED) is 0.842. The standard InChI is InChI=1S/C17H21N5OS/c1-13-4-8-22(9-5-13)16-10-15(19-12-20-16)21-17(23)11-24-14-2-6-18-7-3-14/h2-3,6-7,10,12-13H,4-5,8-9,11H2,1H3,(H,19,20,21,23). The molecule has 24 heavy (non-hydrogen) atoms. The molecule has 1 amide bonds. The Labute approximate surface area is 146 Å². The van der Waals surface area contributed by atoms with Crippen LogP contribution in [0.25, 0.3) is 0 Å². The average Bonchev–Trinajstić information content (AvgIpc) is 2.62. The second kappa shape index (κ2) is 8.10. The summed E-state index contributed by atoms with van der Waals surface area (Å²) in [5, 5.41) is 2.85. The molecule has 126 valence electrons. The van der Waals surface area contributed by atoms with E-state index in [4.69, 9.17) is 0 Å². The zero-order valence-corrected chi connectivity index (χ0v) is 14.5. The van der Waals surface area contributed by atoms with Crippen molar-refractivity contribution in [2.45, 2.75) is 24.7 Å². The predicted octanol–water partition coefficient (Wildman–Crippen LogP) is 2.84. The zero-order chi connectivity index (χ0) is 16.8. The van der Waals surface area contributed by atoms with Crippen LogP contribution >= 0.6 is 11.8 Å². The van der Waals surface area contributed by atoms with E-state index in [0.29, 0.717) is 11.6 Å². The molecule has 0 spiro atoms. The number of hydrogen-bond donors (Lipinski definition) is 1. The number of pyridine rings is 1. The van der Waals surface area contributed by atoms with Gasteiger partial charge < -0.3 is 10.2 Å². The maximum absolute atomic E-state index is 12.1. The van der Waals surface area contributed by atoms with Crippen molar-refractivity contribution in [3.63, 3.8) is 0 Å². The molecule has 0 bridgehead atoms. The molecule has 2 aromatic rings. The van der Waals surface area contributed by atoms with Crippen molar-refractivity contribution in [2.24, 2.45) is 5.92 Å². The van der Waals surface area contributed by atoms with E-state index < -0.39 is 0 Å². The van der Waals surface area contributed by atoms with Crippen LogP contribution in [-0.2, 0) is 4.79 Å². The van der Waals surface area contributed by atoms with Gasteiger partial charge in [0.25, 0.3) is 0 Å². The number of aromatic nitrogens is 3. The Bertz CT molecular complexity index is 674. The van der Waals surface area contributed by atoms with Gasteiger partial charge in [-0.3, -0.25) is 9.78 Å². The lowest BCUT2D eigenvalue weighted by molar-refractivity contribution is -0.113. The van der Waals surface area contributed by atoms with Crippen LogP contribution in [0.2, 0.25) is 0 Å². The van der Waals surface area contributed by atoms with Gasteiger partial charge in [-0.1, -0.05) is 6.92 Å². The lowest BCUT2D eigenvalue weighted by atomic mass is 9.99. The van der Waals surface area contributed by atoms with Crippen molar-refractivity contribution >= 4 is 29.3 Å². The van der Waals surface area contributed by atoms with Crippen LogP contribution in [0.1, 0.15) is 19.8 Å². The van der Waals surface area contributed by atoms with Crippen molar-refractivity contribution < 1.29 is 4.79 Å². The third-order valence-electron chi connectivity index (χ3n) is 4.05. The van der Waals surface area contributed by atoms with Gasteiger partial charge in [0.15, 0.2) is 0 Å². The number of carbonyl (C=O) groups is 1. The number of nitrogens with one attached hydrogen (secondary N) is 1. The van der Waals surface area contributed by atoms with E-state index >= 15 is 0 Å². The molecule has 1 aliphatic heterocycles. The molecule has 0 saturated carbocycles. The molecule has 0 aliphatic carbocycles. The van der Waals surface area contributed by atoms with Crippen molar-refractivity contribution in [1.82, 2.24) is 15.0 Å². The van der Waals surface area contributed by atoms with Crippen LogP contribution < -0.4 is 10.2 Å². The minimum absolute atomic E-state index is 0.0753. The monoisotopic (exact) mass is 343 g/mol. The summed E-state index contributed by atoms with van der Waals surface area (Å²) in [4.78, 5) is 27.8. The van der Waals surface area contributed by atoms with Gasteiger partial charge in [-0.2, -0.15) is 0 Å². The smallest absolute Gasteiger partial charge is 0.235 e. The molecular weight excluding hydrogens is 322 g/mol. The molecule has 0 aromatic carbocycles. The molecule has 1 N–H and O–H groups in total. The van der Waals surface area contributed by atoms with Gasteiger partial charge in [0.2, 0.25) is 5.91 Å². The first kappa shape index (κ1) is 16.7. The predicted molar refractivity (Wildman–Crippen MR) is 96.2 cm³/mol. The Morgan fingerprint density at radius 3 is 2.79 bits per heavy atom. The normalized spacial score (nSPS) is 15.3. The fraction of sp³-hybridized carbons (Fsp3) is 0.412. The van der Waals surface area contributed by atoms with Crippen LogP contribution in [0, 0.1) is 5.92 Å². The molecule has 1 saturated heterocycles. The third kappa shape index (κ3) is 4.67. The number of anilines is 2. The largest absolute Gasteiger partial charge is 0.356 e. The van der Waals surface area contributed by atoms with Crippen molar-refractivity contribution in [3.05, 3.63) is 36.9 Å². The number of amides is 1. The van der Waals surface area contributed by atoms with Gasteiger partial charge in [0, 0.05) is 36.4 Å². The highest BCUT2D eigenvalue weighted by atomic mass is 32.2. The molecule has 0 atom stereocenters. The molecule has 2 aromatic heterocycles. The third-order valence-corrected chi connectivity index (χ3v) is 5.06. The Balaban J connectivity index is 1.55. The molecule has 0 radical (unpaired) electrons. The summed E-state index contributed by atoms with van der Waals surface area (Å²) < 4.78 is 0. The Morgan fingerprint density at radius 2 is 2.04 bits per heavy atom. The summed E-state index contributed by atoms with van der Waals surface area (Å²) in [7, 11) is 0. The van der Waals surface area contributed by atoms with E-state index in [1.165, 1.54) is 30.9 Å². The van der Waals surface area contributed by atoms with E-state index in [-0.39, 0.29) is 5.91 Å². The van der Waals surface area contributed by atoms with Crippen molar-refractivity contribution in [3.8, 4) is 0 Å². The van der Waals surface area contributed by atoms with E-state index in [1.54, 1.807) is 12.4 Å². The summed E-state index contributed by atoms with van der Waals surface area (Å²) in [6.45, 7) is 4.29. The fourth-order valence-electron chi connectivity index (χ4n) is 2.59. The SMILES string of the molecule is CC1CCN(c2cc(NC(=O)CSc3ccncc3)ncn2)CC1. The van der Waals surface area contributed by atoms with Gasteiger partial charge in [-0.15, -0.1) is 11.8 Å². The lowest BCUT2D eigenvalue weighted by Crippen LogP contribution is -2.33. The summed E-state index contributed by atoms with van der Waals surface area (Å²) in [5.41, 5.74) is 0. The lowest BCUT2D eigenvalue weighted by Gasteiger charge is -2.31. The first-order chi connectivity index (χ1) is 11.7. The first-order valence-corrected chi connectivity index (χ1v) is 9.09. The van der Waals surface area contributed by atoms with Crippen LogP contribution in [0.4, 0.5) is 11.6 Å². The van der Waals surface area contributed by atoms with E-state index in [0.717, 1.165) is 29.7 Å². The summed E-state index contributed by atoms with van der Waals surface area (Å²) in [6, 6.07) is 5.63. The molecule has 7 heteroatoms. The number of hydrogen-bond acceptors (Lipinski definition) is 6. The van der Waals surface area contributed by atoms with Gasteiger partial charge in [0.05, 0.1) is 5.75 Å². The molecular formula is C17H21N5OS. The second-order valence-electron chi connectivity index (χ2n) is 5.95. The number of nitrogens with zero attached hydrogens (tertiary/aromatic N) is 4. The highest BCUT2D eigenvalue weighted by Crippen LogP contribution is 2.22. The van der Waals surface area contributed by atoms with Gasteiger partial charge in [-0.25, -0.2) is 9.97 Å². The Morgan fingerprint density at radius 1 is 1.29 bits per heavy atom. The zero-order valence-electron chi connectivity index (χ0n) is 13.7. The maximum atomic E-state index is 12.1. The first-order valence-electron chi connectivity index (χ1n) is 8.10. The van der Waals surface area contributed by atoms with Crippen molar-refractivity contribution in [1.29, 1.82) is 0 Å². The molecule has 3 rings (SSSR count).